The van der Waals surface area contributed by atoms with Gasteiger partial charge in [0.1, 0.15) is 0 Å². The maximum absolute atomic E-state index is 12.3. The second-order valence-electron chi connectivity index (χ2n) is 5.82. The molecule has 0 fully saturated rings. The number of para-hydroxylation sites is 1. The van der Waals surface area contributed by atoms with Gasteiger partial charge in [-0.15, -0.1) is 0 Å². The molecule has 24 heavy (non-hydrogen) atoms. The van der Waals surface area contributed by atoms with Crippen LogP contribution in [0.25, 0.3) is 10.9 Å². The first-order valence-electron chi connectivity index (χ1n) is 7.95. The summed E-state index contributed by atoms with van der Waals surface area (Å²) in [6.45, 7) is 3.59. The molecule has 2 heterocycles. The van der Waals surface area contributed by atoms with Gasteiger partial charge in [0.15, 0.2) is 11.5 Å². The standard InChI is InChI=1S/C19H18N2O3/c1-13-10-14-4-2-3-5-16(14)21(13)9-8-20-19(22)15-6-7-17-18(11-15)24-12-23-17/h2-7,10-11H,8-9,12H2,1H3,(H,20,22). The fourth-order valence-corrected chi connectivity index (χ4v) is 3.07. The number of nitrogens with zero attached hydrogens (tertiary/aromatic N) is 1. The van der Waals surface area contributed by atoms with Crippen LogP contribution in [0.5, 0.6) is 11.5 Å². The predicted octanol–water partition coefficient (Wildman–Crippen LogP) is 3.11. The Bertz CT molecular complexity index is 914. The van der Waals surface area contributed by atoms with Crippen molar-refractivity contribution >= 4 is 16.8 Å². The Hall–Kier alpha value is -2.95. The van der Waals surface area contributed by atoms with E-state index in [1.807, 2.05) is 12.1 Å². The quantitative estimate of drug-likeness (QED) is 0.803. The summed E-state index contributed by atoms with van der Waals surface area (Å²) in [7, 11) is 0. The SMILES string of the molecule is Cc1cc2ccccc2n1CCNC(=O)c1ccc2c(c1)OCO2. The van der Waals surface area contributed by atoms with Crippen molar-refractivity contribution in [2.45, 2.75) is 13.5 Å². The average molecular weight is 322 g/mol. The third-order valence-electron chi connectivity index (χ3n) is 4.27. The van der Waals surface area contributed by atoms with E-state index in [-0.39, 0.29) is 12.7 Å². The monoisotopic (exact) mass is 322 g/mol. The molecule has 0 saturated carbocycles. The molecular formula is C19H18N2O3. The Morgan fingerprint density at radius 3 is 2.88 bits per heavy atom. The summed E-state index contributed by atoms with van der Waals surface area (Å²) in [5.41, 5.74) is 2.95. The Balaban J connectivity index is 1.43. The van der Waals surface area contributed by atoms with Crippen LogP contribution in [0, 0.1) is 6.92 Å². The van der Waals surface area contributed by atoms with Gasteiger partial charge in [0, 0.05) is 29.9 Å². The second-order valence-corrected chi connectivity index (χ2v) is 5.82. The molecule has 0 radical (unpaired) electrons. The molecule has 4 rings (SSSR count). The minimum absolute atomic E-state index is 0.109. The summed E-state index contributed by atoms with van der Waals surface area (Å²) in [6.07, 6.45) is 0. The molecule has 5 heteroatoms. The normalized spacial score (nSPS) is 12.5. The molecule has 0 bridgehead atoms. The van der Waals surface area contributed by atoms with E-state index in [9.17, 15) is 4.79 Å². The van der Waals surface area contributed by atoms with Crippen LogP contribution < -0.4 is 14.8 Å². The fraction of sp³-hybridized carbons (Fsp3) is 0.211. The number of benzene rings is 2. The number of amides is 1. The van der Waals surface area contributed by atoms with Gasteiger partial charge in [-0.3, -0.25) is 4.79 Å². The van der Waals surface area contributed by atoms with Crippen LogP contribution in [0.4, 0.5) is 0 Å². The molecule has 2 aromatic carbocycles. The number of aryl methyl sites for hydroxylation is 1. The molecular weight excluding hydrogens is 304 g/mol. The number of aromatic nitrogens is 1. The van der Waals surface area contributed by atoms with Crippen LogP contribution in [0.15, 0.2) is 48.5 Å². The molecule has 0 saturated heterocycles. The Morgan fingerprint density at radius 2 is 1.96 bits per heavy atom. The molecule has 1 N–H and O–H groups in total. The molecule has 122 valence electrons. The summed E-state index contributed by atoms with van der Waals surface area (Å²) in [6, 6.07) is 15.7. The molecule has 5 nitrogen and oxygen atoms in total. The van der Waals surface area contributed by atoms with Crippen molar-refractivity contribution in [3.05, 3.63) is 59.8 Å². The molecule has 3 aromatic rings. The van der Waals surface area contributed by atoms with Crippen molar-refractivity contribution < 1.29 is 14.3 Å². The third-order valence-corrected chi connectivity index (χ3v) is 4.27. The lowest BCUT2D eigenvalue weighted by molar-refractivity contribution is 0.0952. The highest BCUT2D eigenvalue weighted by Crippen LogP contribution is 2.32. The van der Waals surface area contributed by atoms with Crippen LogP contribution in [-0.2, 0) is 6.54 Å². The number of rotatable bonds is 4. The lowest BCUT2D eigenvalue weighted by Gasteiger charge is -2.10. The predicted molar refractivity (Wildman–Crippen MR) is 91.6 cm³/mol. The van der Waals surface area contributed by atoms with Crippen molar-refractivity contribution in [1.29, 1.82) is 0 Å². The highest BCUT2D eigenvalue weighted by molar-refractivity contribution is 5.94. The van der Waals surface area contributed by atoms with Crippen molar-refractivity contribution in [3.63, 3.8) is 0 Å². The highest BCUT2D eigenvalue weighted by atomic mass is 16.7. The van der Waals surface area contributed by atoms with Gasteiger partial charge in [-0.1, -0.05) is 18.2 Å². The summed E-state index contributed by atoms with van der Waals surface area (Å²) in [4.78, 5) is 12.3. The van der Waals surface area contributed by atoms with Gasteiger partial charge in [0.05, 0.1) is 0 Å². The maximum atomic E-state index is 12.3. The zero-order valence-corrected chi connectivity index (χ0v) is 13.4. The molecule has 0 atom stereocenters. The molecule has 1 aliphatic rings. The van der Waals surface area contributed by atoms with E-state index in [0.717, 1.165) is 6.54 Å². The highest BCUT2D eigenvalue weighted by Gasteiger charge is 2.16. The maximum Gasteiger partial charge on any atom is 0.251 e. The first kappa shape index (κ1) is 14.6. The van der Waals surface area contributed by atoms with E-state index < -0.39 is 0 Å². The molecule has 1 amide bonds. The number of carbonyl (C=O) groups excluding carboxylic acids is 1. The van der Waals surface area contributed by atoms with E-state index in [0.29, 0.717) is 23.6 Å². The van der Waals surface area contributed by atoms with Gasteiger partial charge >= 0.3 is 0 Å². The molecule has 0 unspecified atom stereocenters. The fourth-order valence-electron chi connectivity index (χ4n) is 3.07. The van der Waals surface area contributed by atoms with Gasteiger partial charge in [-0.2, -0.15) is 0 Å². The zero-order chi connectivity index (χ0) is 16.5. The number of carbonyl (C=O) groups is 1. The lowest BCUT2D eigenvalue weighted by Crippen LogP contribution is -2.27. The number of fused-ring (bicyclic) bond motifs is 2. The first-order valence-corrected chi connectivity index (χ1v) is 7.95. The third kappa shape index (κ3) is 2.58. The molecule has 0 spiro atoms. The minimum Gasteiger partial charge on any atom is -0.454 e. The van der Waals surface area contributed by atoms with Gasteiger partial charge in [-0.05, 0) is 42.6 Å². The van der Waals surface area contributed by atoms with Crippen LogP contribution in [0.1, 0.15) is 16.1 Å². The molecule has 1 aromatic heterocycles. The van der Waals surface area contributed by atoms with Crippen molar-refractivity contribution in [2.24, 2.45) is 0 Å². The van der Waals surface area contributed by atoms with E-state index in [1.165, 1.54) is 16.6 Å². The Morgan fingerprint density at radius 1 is 1.12 bits per heavy atom. The van der Waals surface area contributed by atoms with Crippen LogP contribution in [-0.4, -0.2) is 23.8 Å². The number of nitrogens with one attached hydrogen (secondary N) is 1. The lowest BCUT2D eigenvalue weighted by atomic mass is 10.2. The summed E-state index contributed by atoms with van der Waals surface area (Å²) >= 11 is 0. The largest absolute Gasteiger partial charge is 0.454 e. The smallest absolute Gasteiger partial charge is 0.251 e. The Labute approximate surface area is 139 Å². The van der Waals surface area contributed by atoms with Gasteiger partial charge in [-0.25, -0.2) is 0 Å². The minimum atomic E-state index is -0.109. The average Bonchev–Trinajstić information content (AvgIpc) is 3.18. The van der Waals surface area contributed by atoms with E-state index in [4.69, 9.17) is 9.47 Å². The Kier molecular flexibility index (Phi) is 3.61. The van der Waals surface area contributed by atoms with E-state index in [1.54, 1.807) is 18.2 Å². The zero-order valence-electron chi connectivity index (χ0n) is 13.4. The van der Waals surface area contributed by atoms with E-state index in [2.05, 4.69) is 35.0 Å². The summed E-state index contributed by atoms with van der Waals surface area (Å²) in [5.74, 6) is 1.19. The van der Waals surface area contributed by atoms with Crippen molar-refractivity contribution in [1.82, 2.24) is 9.88 Å². The molecule has 0 aliphatic carbocycles. The van der Waals surface area contributed by atoms with Gasteiger partial charge in [0.25, 0.3) is 5.91 Å². The first-order chi connectivity index (χ1) is 11.7. The number of hydrogen-bond donors (Lipinski definition) is 1. The van der Waals surface area contributed by atoms with Crippen LogP contribution in [0.2, 0.25) is 0 Å². The van der Waals surface area contributed by atoms with Gasteiger partial charge in [0.2, 0.25) is 6.79 Å². The van der Waals surface area contributed by atoms with Crippen molar-refractivity contribution in [2.75, 3.05) is 13.3 Å². The van der Waals surface area contributed by atoms with Gasteiger partial charge < -0.3 is 19.4 Å². The summed E-state index contributed by atoms with van der Waals surface area (Å²) in [5, 5.41) is 4.18. The van der Waals surface area contributed by atoms with Crippen molar-refractivity contribution in [3.8, 4) is 11.5 Å². The number of ether oxygens (including phenoxy) is 2. The molecule has 1 aliphatic heterocycles. The van der Waals surface area contributed by atoms with Crippen LogP contribution >= 0.6 is 0 Å². The number of hydrogen-bond acceptors (Lipinski definition) is 3. The second kappa shape index (κ2) is 5.92. The van der Waals surface area contributed by atoms with Crippen LogP contribution in [0.3, 0.4) is 0 Å². The topological polar surface area (TPSA) is 52.5 Å². The summed E-state index contributed by atoms with van der Waals surface area (Å²) < 4.78 is 12.8. The van der Waals surface area contributed by atoms with E-state index >= 15 is 0 Å².